The molecular formula is C12H24N2O. The fraction of sp³-hybridized carbons (Fsp3) is 1.00. The maximum atomic E-state index is 5.81. The SMILES string of the molecule is C[C@@H](CC1CN(C)CCO1)N1CCCC1. The predicted molar refractivity (Wildman–Crippen MR) is 62.1 cm³/mol. The topological polar surface area (TPSA) is 15.7 Å². The molecule has 0 radical (unpaired) electrons. The van der Waals surface area contributed by atoms with E-state index in [2.05, 4.69) is 23.8 Å². The maximum Gasteiger partial charge on any atom is 0.0717 e. The number of hydrogen-bond donors (Lipinski definition) is 0. The maximum absolute atomic E-state index is 5.81. The van der Waals surface area contributed by atoms with Gasteiger partial charge in [-0.1, -0.05) is 0 Å². The van der Waals surface area contributed by atoms with Gasteiger partial charge in [0.1, 0.15) is 0 Å². The molecule has 0 aromatic heterocycles. The lowest BCUT2D eigenvalue weighted by Crippen LogP contribution is -2.43. The van der Waals surface area contributed by atoms with Crippen molar-refractivity contribution in [3.63, 3.8) is 0 Å². The van der Waals surface area contributed by atoms with Crippen molar-refractivity contribution in [3.05, 3.63) is 0 Å². The molecule has 0 N–H and O–H groups in total. The van der Waals surface area contributed by atoms with E-state index in [1.807, 2.05) is 0 Å². The third-order valence-electron chi connectivity index (χ3n) is 3.71. The van der Waals surface area contributed by atoms with Crippen LogP contribution in [0.5, 0.6) is 0 Å². The minimum Gasteiger partial charge on any atom is -0.375 e. The third-order valence-corrected chi connectivity index (χ3v) is 3.71. The molecule has 2 saturated heterocycles. The number of ether oxygens (including phenoxy) is 1. The molecule has 3 nitrogen and oxygen atoms in total. The highest BCUT2D eigenvalue weighted by atomic mass is 16.5. The average Bonchev–Trinajstić information content (AvgIpc) is 2.70. The summed E-state index contributed by atoms with van der Waals surface area (Å²) >= 11 is 0. The lowest BCUT2D eigenvalue weighted by molar-refractivity contribution is -0.0333. The van der Waals surface area contributed by atoms with Crippen LogP contribution in [0.25, 0.3) is 0 Å². The fourth-order valence-electron chi connectivity index (χ4n) is 2.72. The van der Waals surface area contributed by atoms with Crippen LogP contribution in [-0.4, -0.2) is 61.8 Å². The molecule has 1 unspecified atom stereocenters. The molecule has 15 heavy (non-hydrogen) atoms. The van der Waals surface area contributed by atoms with Crippen molar-refractivity contribution in [2.75, 3.05) is 39.8 Å². The second kappa shape index (κ2) is 5.28. The van der Waals surface area contributed by atoms with Crippen LogP contribution in [-0.2, 0) is 4.74 Å². The first kappa shape index (κ1) is 11.4. The quantitative estimate of drug-likeness (QED) is 0.699. The van der Waals surface area contributed by atoms with E-state index in [9.17, 15) is 0 Å². The second-order valence-electron chi connectivity index (χ2n) is 5.08. The molecule has 0 aliphatic carbocycles. The van der Waals surface area contributed by atoms with Crippen LogP contribution in [0.4, 0.5) is 0 Å². The van der Waals surface area contributed by atoms with Gasteiger partial charge in [-0.05, 0) is 46.3 Å². The number of likely N-dealkylation sites (N-methyl/N-ethyl adjacent to an activating group) is 1. The van der Waals surface area contributed by atoms with Gasteiger partial charge in [-0.15, -0.1) is 0 Å². The monoisotopic (exact) mass is 212 g/mol. The first-order valence-corrected chi connectivity index (χ1v) is 6.30. The van der Waals surface area contributed by atoms with Crippen LogP contribution < -0.4 is 0 Å². The van der Waals surface area contributed by atoms with Crippen molar-refractivity contribution >= 4 is 0 Å². The summed E-state index contributed by atoms with van der Waals surface area (Å²) in [6.07, 6.45) is 4.43. The summed E-state index contributed by atoms with van der Waals surface area (Å²) in [6, 6.07) is 0.698. The van der Waals surface area contributed by atoms with Gasteiger partial charge in [-0.2, -0.15) is 0 Å². The van der Waals surface area contributed by atoms with E-state index >= 15 is 0 Å². The molecule has 0 bridgehead atoms. The molecular weight excluding hydrogens is 188 g/mol. The molecule has 2 aliphatic heterocycles. The van der Waals surface area contributed by atoms with Crippen molar-refractivity contribution in [3.8, 4) is 0 Å². The normalized spacial score (nSPS) is 32.0. The van der Waals surface area contributed by atoms with E-state index in [1.54, 1.807) is 0 Å². The van der Waals surface area contributed by atoms with Crippen LogP contribution in [0.2, 0.25) is 0 Å². The number of morpholine rings is 1. The largest absolute Gasteiger partial charge is 0.375 e. The third kappa shape index (κ3) is 3.16. The van der Waals surface area contributed by atoms with Crippen LogP contribution >= 0.6 is 0 Å². The lowest BCUT2D eigenvalue weighted by Gasteiger charge is -2.33. The van der Waals surface area contributed by atoms with Crippen molar-refractivity contribution in [1.29, 1.82) is 0 Å². The van der Waals surface area contributed by atoms with Crippen LogP contribution in [0.15, 0.2) is 0 Å². The van der Waals surface area contributed by atoms with Gasteiger partial charge in [0, 0.05) is 19.1 Å². The first-order valence-electron chi connectivity index (χ1n) is 6.30. The second-order valence-corrected chi connectivity index (χ2v) is 5.08. The van der Waals surface area contributed by atoms with Gasteiger partial charge < -0.3 is 14.5 Å². The summed E-state index contributed by atoms with van der Waals surface area (Å²) in [4.78, 5) is 4.99. The number of nitrogens with zero attached hydrogens (tertiary/aromatic N) is 2. The van der Waals surface area contributed by atoms with Crippen molar-refractivity contribution in [1.82, 2.24) is 9.80 Å². The minimum absolute atomic E-state index is 0.458. The van der Waals surface area contributed by atoms with E-state index in [0.717, 1.165) is 19.7 Å². The Morgan fingerprint density at radius 1 is 1.27 bits per heavy atom. The Hall–Kier alpha value is -0.120. The number of hydrogen-bond acceptors (Lipinski definition) is 3. The van der Waals surface area contributed by atoms with Gasteiger partial charge in [0.05, 0.1) is 12.7 Å². The molecule has 2 fully saturated rings. The Balaban J connectivity index is 1.74. The molecule has 0 spiro atoms. The van der Waals surface area contributed by atoms with Crippen LogP contribution in [0.3, 0.4) is 0 Å². The molecule has 0 amide bonds. The Bertz CT molecular complexity index is 192. The Labute approximate surface area is 93.4 Å². The van der Waals surface area contributed by atoms with E-state index in [4.69, 9.17) is 4.74 Å². The van der Waals surface area contributed by atoms with Gasteiger partial charge >= 0.3 is 0 Å². The zero-order valence-corrected chi connectivity index (χ0v) is 10.1. The summed E-state index contributed by atoms with van der Waals surface area (Å²) in [5, 5.41) is 0. The first-order chi connectivity index (χ1) is 7.25. The van der Waals surface area contributed by atoms with Gasteiger partial charge in [0.15, 0.2) is 0 Å². The minimum atomic E-state index is 0.458. The zero-order chi connectivity index (χ0) is 10.7. The summed E-state index contributed by atoms with van der Waals surface area (Å²) < 4.78 is 5.81. The molecule has 2 heterocycles. The molecule has 88 valence electrons. The fourth-order valence-corrected chi connectivity index (χ4v) is 2.72. The van der Waals surface area contributed by atoms with Crippen molar-refractivity contribution in [2.45, 2.75) is 38.3 Å². The van der Waals surface area contributed by atoms with E-state index in [-0.39, 0.29) is 0 Å². The van der Waals surface area contributed by atoms with Crippen molar-refractivity contribution < 1.29 is 4.74 Å². The summed E-state index contributed by atoms with van der Waals surface area (Å²) in [7, 11) is 2.19. The smallest absolute Gasteiger partial charge is 0.0717 e. The Kier molecular flexibility index (Phi) is 4.00. The van der Waals surface area contributed by atoms with Gasteiger partial charge in [-0.25, -0.2) is 0 Å². The van der Waals surface area contributed by atoms with Gasteiger partial charge in [0.2, 0.25) is 0 Å². The van der Waals surface area contributed by atoms with Crippen molar-refractivity contribution in [2.24, 2.45) is 0 Å². The zero-order valence-electron chi connectivity index (χ0n) is 10.1. The molecule has 3 heteroatoms. The Morgan fingerprint density at radius 3 is 2.67 bits per heavy atom. The summed E-state index contributed by atoms with van der Waals surface area (Å²) in [6.45, 7) is 8.05. The molecule has 2 aliphatic rings. The van der Waals surface area contributed by atoms with E-state index in [0.29, 0.717) is 12.1 Å². The standard InChI is InChI=1S/C12H24N2O/c1-11(14-5-3-4-6-14)9-12-10-13(2)7-8-15-12/h11-12H,3-10H2,1-2H3/t11-,12?/m0/s1. The highest BCUT2D eigenvalue weighted by Crippen LogP contribution is 2.17. The highest BCUT2D eigenvalue weighted by Gasteiger charge is 2.24. The van der Waals surface area contributed by atoms with Gasteiger partial charge in [-0.3, -0.25) is 0 Å². The summed E-state index contributed by atoms with van der Waals surface area (Å²) in [5.74, 6) is 0. The molecule has 0 aromatic carbocycles. The van der Waals surface area contributed by atoms with E-state index in [1.165, 1.54) is 32.4 Å². The lowest BCUT2D eigenvalue weighted by atomic mass is 10.1. The predicted octanol–water partition coefficient (Wildman–Crippen LogP) is 1.19. The number of rotatable bonds is 3. The molecule has 2 rings (SSSR count). The molecule has 0 saturated carbocycles. The number of likely N-dealkylation sites (tertiary alicyclic amines) is 1. The van der Waals surface area contributed by atoms with Gasteiger partial charge in [0.25, 0.3) is 0 Å². The van der Waals surface area contributed by atoms with E-state index < -0.39 is 0 Å². The van der Waals surface area contributed by atoms with Crippen LogP contribution in [0.1, 0.15) is 26.2 Å². The molecule has 0 aromatic rings. The summed E-state index contributed by atoms with van der Waals surface area (Å²) in [5.41, 5.74) is 0. The Morgan fingerprint density at radius 2 is 2.00 bits per heavy atom. The molecule has 2 atom stereocenters. The van der Waals surface area contributed by atoms with Crippen LogP contribution in [0, 0.1) is 0 Å². The highest BCUT2D eigenvalue weighted by molar-refractivity contribution is 4.78. The average molecular weight is 212 g/mol.